The molecule has 3 aromatic rings. The second kappa shape index (κ2) is 10.3. The van der Waals surface area contributed by atoms with E-state index < -0.39 is 0 Å². The molecule has 0 radical (unpaired) electrons. The number of amides is 1. The summed E-state index contributed by atoms with van der Waals surface area (Å²) in [7, 11) is 3.57. The van der Waals surface area contributed by atoms with Crippen LogP contribution < -0.4 is 4.90 Å². The van der Waals surface area contributed by atoms with E-state index in [4.69, 9.17) is 4.74 Å². The number of methoxy groups -OCH3 is 1. The van der Waals surface area contributed by atoms with Crippen molar-refractivity contribution >= 4 is 22.5 Å². The number of nitrogens with one attached hydrogen (secondary N) is 2. The van der Waals surface area contributed by atoms with Gasteiger partial charge in [0.15, 0.2) is 0 Å². The van der Waals surface area contributed by atoms with E-state index in [1.807, 2.05) is 13.1 Å². The number of ether oxygens (including phenoxy) is 1. The molecule has 7 nitrogen and oxygen atoms in total. The number of hydrogen-bond acceptors (Lipinski definition) is 4. The number of aromatic amines is 2. The number of carbonyl (C=O) groups is 1. The van der Waals surface area contributed by atoms with Gasteiger partial charge in [-0.2, -0.15) is 5.10 Å². The lowest BCUT2D eigenvalue weighted by Gasteiger charge is -2.31. The van der Waals surface area contributed by atoms with Crippen LogP contribution in [0.25, 0.3) is 22.3 Å². The fraction of sp³-hybridized carbons (Fsp3) is 0.556. The topological polar surface area (TPSA) is 94.2 Å². The van der Waals surface area contributed by atoms with E-state index in [1.54, 1.807) is 12.0 Å². The number of rotatable bonds is 10. The summed E-state index contributed by atoms with van der Waals surface area (Å²) in [4.78, 5) is 18.6. The van der Waals surface area contributed by atoms with Crippen LogP contribution in [0.5, 0.6) is 0 Å². The van der Waals surface area contributed by atoms with Gasteiger partial charge in [-0.3, -0.25) is 9.89 Å². The number of carbonyl (C=O) groups excluding carboxylic acids is 1. The first kappa shape index (κ1) is 24.5. The molecule has 0 saturated heterocycles. The van der Waals surface area contributed by atoms with Gasteiger partial charge in [0, 0.05) is 61.1 Å². The highest BCUT2D eigenvalue weighted by molar-refractivity contribution is 5.97. The number of nitrogens with zero attached hydrogens (tertiary/aromatic N) is 2. The van der Waals surface area contributed by atoms with Gasteiger partial charge in [-0.15, -0.1) is 0 Å². The molecule has 0 fully saturated rings. The Hall–Kier alpha value is -2.64. The Morgan fingerprint density at radius 3 is 2.88 bits per heavy atom. The molecule has 3 N–H and O–H groups in total. The highest BCUT2D eigenvalue weighted by Crippen LogP contribution is 2.38. The van der Waals surface area contributed by atoms with E-state index in [2.05, 4.69) is 47.2 Å². The third-order valence-corrected chi connectivity index (χ3v) is 7.38. The number of benzene rings is 1. The first-order valence-corrected chi connectivity index (χ1v) is 12.5. The maximum atomic E-state index is 13.2. The van der Waals surface area contributed by atoms with Crippen molar-refractivity contribution in [1.82, 2.24) is 15.2 Å². The summed E-state index contributed by atoms with van der Waals surface area (Å²) in [6.07, 6.45) is 6.28. The van der Waals surface area contributed by atoms with E-state index in [0.29, 0.717) is 6.61 Å². The van der Waals surface area contributed by atoms with Gasteiger partial charge in [0.05, 0.1) is 5.69 Å². The van der Waals surface area contributed by atoms with Crippen LogP contribution >= 0.6 is 0 Å². The van der Waals surface area contributed by atoms with E-state index in [-0.39, 0.29) is 23.8 Å². The van der Waals surface area contributed by atoms with Crippen LogP contribution in [0.15, 0.2) is 24.3 Å². The van der Waals surface area contributed by atoms with Crippen molar-refractivity contribution in [2.45, 2.75) is 58.8 Å². The van der Waals surface area contributed by atoms with Crippen LogP contribution in [0.3, 0.4) is 0 Å². The number of H-pyrrole nitrogens is 2. The molecule has 0 spiro atoms. The van der Waals surface area contributed by atoms with Crippen LogP contribution in [0.4, 0.5) is 5.69 Å². The lowest BCUT2D eigenvalue weighted by atomic mass is 9.75. The fourth-order valence-corrected chi connectivity index (χ4v) is 5.18. The van der Waals surface area contributed by atoms with Crippen LogP contribution in [-0.2, 0) is 22.4 Å². The Morgan fingerprint density at radius 2 is 2.15 bits per heavy atom. The van der Waals surface area contributed by atoms with Crippen molar-refractivity contribution in [2.24, 2.45) is 11.3 Å². The number of hydrogen-bond donors (Lipinski definition) is 3. The van der Waals surface area contributed by atoms with Gasteiger partial charge < -0.3 is 19.7 Å². The Kier molecular flexibility index (Phi) is 7.43. The molecular formula is C27H38N4O3. The molecule has 1 aromatic carbocycles. The van der Waals surface area contributed by atoms with Crippen molar-refractivity contribution < 1.29 is 14.6 Å². The van der Waals surface area contributed by atoms with E-state index in [0.717, 1.165) is 78.6 Å². The quantitative estimate of drug-likeness (QED) is 0.372. The maximum Gasteiger partial charge on any atom is 0.229 e. The highest BCUT2D eigenvalue weighted by Gasteiger charge is 2.32. The van der Waals surface area contributed by atoms with Crippen molar-refractivity contribution in [3.05, 3.63) is 35.5 Å². The van der Waals surface area contributed by atoms with Gasteiger partial charge in [0.1, 0.15) is 5.69 Å². The average molecular weight is 467 g/mol. The zero-order valence-corrected chi connectivity index (χ0v) is 20.9. The first-order chi connectivity index (χ1) is 16.4. The number of aliphatic hydroxyl groups is 1. The van der Waals surface area contributed by atoms with Gasteiger partial charge >= 0.3 is 0 Å². The van der Waals surface area contributed by atoms with Crippen LogP contribution in [0.1, 0.15) is 57.2 Å². The maximum absolute atomic E-state index is 13.2. The predicted octanol–water partition coefficient (Wildman–Crippen LogP) is 4.85. The lowest BCUT2D eigenvalue weighted by molar-refractivity contribution is -0.122. The van der Waals surface area contributed by atoms with Gasteiger partial charge in [-0.1, -0.05) is 26.3 Å². The third-order valence-electron chi connectivity index (χ3n) is 7.38. The van der Waals surface area contributed by atoms with Gasteiger partial charge in [0.25, 0.3) is 0 Å². The summed E-state index contributed by atoms with van der Waals surface area (Å²) in [6, 6.07) is 8.26. The number of anilines is 1. The summed E-state index contributed by atoms with van der Waals surface area (Å²) in [6.45, 7) is 5.13. The molecule has 0 aliphatic heterocycles. The molecular weight excluding hydrogens is 428 g/mol. The fourth-order valence-electron chi connectivity index (χ4n) is 5.18. The molecule has 2 atom stereocenters. The minimum Gasteiger partial charge on any atom is -0.396 e. The number of aliphatic hydroxyl groups excluding tert-OH is 1. The molecule has 2 heterocycles. The first-order valence-electron chi connectivity index (χ1n) is 12.5. The molecule has 0 saturated carbocycles. The number of aromatic nitrogens is 3. The minimum atomic E-state index is -0.0809. The Morgan fingerprint density at radius 1 is 1.32 bits per heavy atom. The van der Waals surface area contributed by atoms with Crippen molar-refractivity contribution in [3.63, 3.8) is 0 Å². The van der Waals surface area contributed by atoms with E-state index in [1.165, 1.54) is 5.56 Å². The molecule has 1 aliphatic rings. The second-order valence-corrected chi connectivity index (χ2v) is 10.1. The Labute approximate surface area is 201 Å². The monoisotopic (exact) mass is 466 g/mol. The molecule has 1 aliphatic carbocycles. The summed E-state index contributed by atoms with van der Waals surface area (Å²) >= 11 is 0. The van der Waals surface area contributed by atoms with Crippen LogP contribution in [0, 0.1) is 11.3 Å². The van der Waals surface area contributed by atoms with Gasteiger partial charge in [-0.05, 0) is 62.1 Å². The van der Waals surface area contributed by atoms with Gasteiger partial charge in [-0.25, -0.2) is 0 Å². The second-order valence-electron chi connectivity index (χ2n) is 10.1. The Bertz CT molecular complexity index is 1130. The molecule has 7 heteroatoms. The predicted molar refractivity (Wildman–Crippen MR) is 136 cm³/mol. The molecule has 1 unspecified atom stereocenters. The molecule has 184 valence electrons. The summed E-state index contributed by atoms with van der Waals surface area (Å²) in [5.41, 5.74) is 6.10. The third kappa shape index (κ3) is 4.91. The Balaban J connectivity index is 1.55. The van der Waals surface area contributed by atoms with Crippen molar-refractivity contribution in [3.8, 4) is 11.4 Å². The zero-order valence-electron chi connectivity index (χ0n) is 20.9. The summed E-state index contributed by atoms with van der Waals surface area (Å²) in [5.74, 6) is 0.178. The van der Waals surface area contributed by atoms with Crippen molar-refractivity contribution in [1.29, 1.82) is 0 Å². The lowest BCUT2D eigenvalue weighted by Crippen LogP contribution is -2.33. The summed E-state index contributed by atoms with van der Waals surface area (Å²) in [5, 5.41) is 18.7. The van der Waals surface area contributed by atoms with Crippen molar-refractivity contribution in [2.75, 3.05) is 32.3 Å². The normalized spacial score (nSPS) is 18.7. The minimum absolute atomic E-state index is 0.0141. The molecule has 4 rings (SSSR count). The number of fused-ring (bicyclic) bond motifs is 2. The highest BCUT2D eigenvalue weighted by atomic mass is 16.5. The standard InChI is InChI=1S/C27H38N4O3/c1-5-7-18(8-6-13-34-4)26(33)31(3)20-10-9-19-14-23(28-22(19)15-20)25-21-11-12-27(2,17-32)16-24(21)29-30-25/h9-10,14-15,18,28,32H,5-8,11-13,16-17H2,1-4H3,(H,29,30)/t18-,27?/m1/s1. The summed E-state index contributed by atoms with van der Waals surface area (Å²) < 4.78 is 5.18. The zero-order chi connectivity index (χ0) is 24.3. The molecule has 2 aromatic heterocycles. The van der Waals surface area contributed by atoms with Gasteiger partial charge in [0.2, 0.25) is 5.91 Å². The SMILES string of the molecule is CCC[C@H](CCCOC)C(=O)N(C)c1ccc2cc(-c3n[nH]c4c3CCC(C)(CO)C4)[nH]c2c1. The van der Waals surface area contributed by atoms with Crippen LogP contribution in [0.2, 0.25) is 0 Å². The average Bonchev–Trinajstić information content (AvgIpc) is 3.45. The molecule has 1 amide bonds. The molecule has 0 bridgehead atoms. The largest absolute Gasteiger partial charge is 0.396 e. The van der Waals surface area contributed by atoms with E-state index >= 15 is 0 Å². The van der Waals surface area contributed by atoms with E-state index in [9.17, 15) is 9.90 Å². The van der Waals surface area contributed by atoms with Crippen LogP contribution in [-0.4, -0.2) is 53.6 Å². The molecule has 34 heavy (non-hydrogen) atoms. The smallest absolute Gasteiger partial charge is 0.229 e.